The molecule has 2 aromatic rings. The Bertz CT molecular complexity index is 417. The smallest absolute Gasteiger partial charge is 0.115 e. The van der Waals surface area contributed by atoms with Gasteiger partial charge in [0.15, 0.2) is 0 Å². The van der Waals surface area contributed by atoms with E-state index < -0.39 is 0 Å². The second-order valence-electron chi connectivity index (χ2n) is 3.14. The van der Waals surface area contributed by atoms with Gasteiger partial charge in [0.2, 0.25) is 0 Å². The molecule has 3 heteroatoms. The summed E-state index contributed by atoms with van der Waals surface area (Å²) in [5.41, 5.74) is 1.96. The van der Waals surface area contributed by atoms with Crippen molar-refractivity contribution in [3.05, 3.63) is 36.8 Å². The molecule has 1 aromatic heterocycles. The molecule has 2 rings (SSSR count). The molecule has 0 atom stereocenters. The summed E-state index contributed by atoms with van der Waals surface area (Å²) < 4.78 is 2.02. The van der Waals surface area contributed by atoms with Crippen LogP contribution in [0.4, 0.5) is 0 Å². The molecule has 3 nitrogen and oxygen atoms in total. The molecule has 0 saturated carbocycles. The van der Waals surface area contributed by atoms with E-state index in [2.05, 4.69) is 11.9 Å². The molecule has 0 saturated heterocycles. The van der Waals surface area contributed by atoms with Gasteiger partial charge < -0.3 is 9.67 Å². The summed E-state index contributed by atoms with van der Waals surface area (Å²) in [4.78, 5) is 4.27. The zero-order valence-electron chi connectivity index (χ0n) is 8.01. The summed E-state index contributed by atoms with van der Waals surface area (Å²) in [6, 6.07) is 7.05. The third kappa shape index (κ3) is 1.62. The van der Waals surface area contributed by atoms with Crippen molar-refractivity contribution in [3.63, 3.8) is 0 Å². The molecule has 1 N–H and O–H groups in total. The highest BCUT2D eigenvalue weighted by Gasteiger charge is 2.00. The second kappa shape index (κ2) is 3.54. The number of hydrogen-bond donors (Lipinski definition) is 1. The van der Waals surface area contributed by atoms with Crippen molar-refractivity contribution in [2.24, 2.45) is 0 Å². The van der Waals surface area contributed by atoms with Crippen LogP contribution >= 0.6 is 0 Å². The quantitative estimate of drug-likeness (QED) is 0.785. The number of phenolic OH excluding ortho intramolecular Hbond substituents is 1. The summed E-state index contributed by atoms with van der Waals surface area (Å²) in [5, 5.41) is 9.13. The van der Waals surface area contributed by atoms with Gasteiger partial charge >= 0.3 is 0 Å². The third-order valence-electron chi connectivity index (χ3n) is 2.16. The zero-order chi connectivity index (χ0) is 9.97. The van der Waals surface area contributed by atoms with Crippen molar-refractivity contribution in [2.75, 3.05) is 0 Å². The highest BCUT2D eigenvalue weighted by Crippen LogP contribution is 2.19. The van der Waals surface area contributed by atoms with Crippen LogP contribution in [0, 0.1) is 0 Å². The Labute approximate surface area is 82.7 Å². The van der Waals surface area contributed by atoms with Crippen LogP contribution in [0.1, 0.15) is 6.92 Å². The Balaban J connectivity index is 2.34. The van der Waals surface area contributed by atoms with Gasteiger partial charge in [-0.1, -0.05) is 0 Å². The lowest BCUT2D eigenvalue weighted by molar-refractivity contribution is 0.475. The van der Waals surface area contributed by atoms with Crippen LogP contribution < -0.4 is 0 Å². The molecule has 1 heterocycles. The van der Waals surface area contributed by atoms with Crippen molar-refractivity contribution < 1.29 is 5.11 Å². The Morgan fingerprint density at radius 2 is 2.00 bits per heavy atom. The first-order valence-corrected chi connectivity index (χ1v) is 4.61. The van der Waals surface area contributed by atoms with Crippen molar-refractivity contribution in [1.29, 1.82) is 0 Å². The van der Waals surface area contributed by atoms with Crippen molar-refractivity contribution >= 4 is 0 Å². The summed E-state index contributed by atoms with van der Waals surface area (Å²) in [6.45, 7) is 2.99. The van der Waals surface area contributed by atoms with Crippen LogP contribution in [0.3, 0.4) is 0 Å². The first kappa shape index (κ1) is 8.81. The van der Waals surface area contributed by atoms with Gasteiger partial charge in [-0.05, 0) is 31.2 Å². The van der Waals surface area contributed by atoms with Crippen molar-refractivity contribution in [3.8, 4) is 17.0 Å². The molecule has 0 radical (unpaired) electrons. The van der Waals surface area contributed by atoms with Crippen LogP contribution in [0.2, 0.25) is 0 Å². The normalized spacial score (nSPS) is 10.4. The standard InChI is InChI=1S/C11H12N2O/c1-2-13-7-11(12-8-13)9-3-5-10(14)6-4-9/h3-8,14H,2H2,1H3. The molecule has 14 heavy (non-hydrogen) atoms. The molecule has 0 bridgehead atoms. The Hall–Kier alpha value is -1.77. The molecule has 0 amide bonds. The van der Waals surface area contributed by atoms with Gasteiger partial charge in [-0.3, -0.25) is 0 Å². The number of aromatic nitrogens is 2. The number of hydrogen-bond acceptors (Lipinski definition) is 2. The summed E-state index contributed by atoms with van der Waals surface area (Å²) in [5.74, 6) is 0.281. The highest BCUT2D eigenvalue weighted by atomic mass is 16.3. The van der Waals surface area contributed by atoms with E-state index in [1.807, 2.05) is 29.2 Å². The van der Waals surface area contributed by atoms with Crippen LogP contribution in [0.5, 0.6) is 5.75 Å². The molecule has 0 unspecified atom stereocenters. The van der Waals surface area contributed by atoms with Crippen LogP contribution in [0.15, 0.2) is 36.8 Å². The molecule has 0 spiro atoms. The number of nitrogens with zero attached hydrogens (tertiary/aromatic N) is 2. The van der Waals surface area contributed by atoms with Gasteiger partial charge in [0.05, 0.1) is 12.0 Å². The molecule has 1 aromatic carbocycles. The second-order valence-corrected chi connectivity index (χ2v) is 3.14. The van der Waals surface area contributed by atoms with E-state index in [0.29, 0.717) is 0 Å². The number of imidazole rings is 1. The molecular formula is C11H12N2O. The summed E-state index contributed by atoms with van der Waals surface area (Å²) in [6.07, 6.45) is 3.80. The SMILES string of the molecule is CCn1cnc(-c2ccc(O)cc2)c1. The maximum atomic E-state index is 9.13. The minimum atomic E-state index is 0.281. The lowest BCUT2D eigenvalue weighted by Crippen LogP contribution is -1.86. The van der Waals surface area contributed by atoms with E-state index in [9.17, 15) is 0 Å². The van der Waals surface area contributed by atoms with Gasteiger partial charge in [0, 0.05) is 18.3 Å². The highest BCUT2D eigenvalue weighted by molar-refractivity contribution is 5.59. The summed E-state index contributed by atoms with van der Waals surface area (Å²) >= 11 is 0. The monoisotopic (exact) mass is 188 g/mol. The van der Waals surface area contributed by atoms with Crippen LogP contribution in [-0.4, -0.2) is 14.7 Å². The molecule has 0 aliphatic carbocycles. The molecule has 72 valence electrons. The molecule has 0 aliphatic heterocycles. The average molecular weight is 188 g/mol. The lowest BCUT2D eigenvalue weighted by Gasteiger charge is -1.96. The minimum absolute atomic E-state index is 0.281. The summed E-state index contributed by atoms with van der Waals surface area (Å²) in [7, 11) is 0. The van der Waals surface area contributed by atoms with Gasteiger partial charge in [-0.25, -0.2) is 4.98 Å². The Kier molecular flexibility index (Phi) is 2.23. The molecular weight excluding hydrogens is 176 g/mol. The number of phenols is 1. The van der Waals surface area contributed by atoms with E-state index in [1.165, 1.54) is 0 Å². The fourth-order valence-corrected chi connectivity index (χ4v) is 1.31. The first-order valence-electron chi connectivity index (χ1n) is 4.61. The number of aryl methyl sites for hydroxylation is 1. The van der Waals surface area contributed by atoms with E-state index in [1.54, 1.807) is 12.1 Å². The Morgan fingerprint density at radius 1 is 1.29 bits per heavy atom. The van der Waals surface area contributed by atoms with E-state index in [0.717, 1.165) is 17.8 Å². The van der Waals surface area contributed by atoms with Gasteiger partial charge in [0.25, 0.3) is 0 Å². The molecule has 0 fully saturated rings. The largest absolute Gasteiger partial charge is 0.508 e. The molecule has 0 aliphatic rings. The van der Waals surface area contributed by atoms with E-state index in [4.69, 9.17) is 5.11 Å². The predicted molar refractivity (Wildman–Crippen MR) is 55.0 cm³/mol. The fraction of sp³-hybridized carbons (Fsp3) is 0.182. The Morgan fingerprint density at radius 3 is 2.57 bits per heavy atom. The van der Waals surface area contributed by atoms with E-state index >= 15 is 0 Å². The van der Waals surface area contributed by atoms with E-state index in [-0.39, 0.29) is 5.75 Å². The minimum Gasteiger partial charge on any atom is -0.508 e. The first-order chi connectivity index (χ1) is 6.79. The number of benzene rings is 1. The predicted octanol–water partition coefficient (Wildman–Crippen LogP) is 2.28. The third-order valence-corrected chi connectivity index (χ3v) is 2.16. The van der Waals surface area contributed by atoms with Crippen molar-refractivity contribution in [1.82, 2.24) is 9.55 Å². The number of rotatable bonds is 2. The number of aromatic hydroxyl groups is 1. The fourth-order valence-electron chi connectivity index (χ4n) is 1.31. The lowest BCUT2D eigenvalue weighted by atomic mass is 10.2. The van der Waals surface area contributed by atoms with Gasteiger partial charge in [-0.15, -0.1) is 0 Å². The maximum Gasteiger partial charge on any atom is 0.115 e. The van der Waals surface area contributed by atoms with Gasteiger partial charge in [0.1, 0.15) is 5.75 Å². The topological polar surface area (TPSA) is 38.0 Å². The van der Waals surface area contributed by atoms with Crippen LogP contribution in [-0.2, 0) is 6.54 Å². The van der Waals surface area contributed by atoms with Crippen molar-refractivity contribution in [2.45, 2.75) is 13.5 Å². The maximum absolute atomic E-state index is 9.13. The van der Waals surface area contributed by atoms with Crippen LogP contribution in [0.25, 0.3) is 11.3 Å². The average Bonchev–Trinajstić information content (AvgIpc) is 2.67. The zero-order valence-corrected chi connectivity index (χ0v) is 8.01. The van der Waals surface area contributed by atoms with Gasteiger partial charge in [-0.2, -0.15) is 0 Å².